The normalized spacial score (nSPS) is 10.8. The lowest BCUT2D eigenvalue weighted by atomic mass is 10.1. The molecule has 0 amide bonds. The number of rotatable bonds is 4. The number of benzene rings is 1. The van der Waals surface area contributed by atoms with Crippen LogP contribution in [0.4, 0.5) is 0 Å². The highest BCUT2D eigenvalue weighted by molar-refractivity contribution is 9.10. The maximum Gasteiger partial charge on any atom is 0.354 e. The van der Waals surface area contributed by atoms with Crippen LogP contribution in [0.1, 0.15) is 16.3 Å². The fourth-order valence-electron chi connectivity index (χ4n) is 1.58. The molecular formula is C13H10BrN3O2. The van der Waals surface area contributed by atoms with E-state index >= 15 is 0 Å². The number of H-pyrrole nitrogens is 1. The number of carboxylic acids is 1. The first-order valence-electron chi connectivity index (χ1n) is 5.38. The largest absolute Gasteiger partial charge is 0.477 e. The van der Waals surface area contributed by atoms with Crippen molar-refractivity contribution >= 4 is 34.2 Å². The molecule has 1 aromatic heterocycles. The van der Waals surface area contributed by atoms with Crippen molar-refractivity contribution in [2.45, 2.75) is 0 Å². The van der Waals surface area contributed by atoms with E-state index in [1.807, 2.05) is 12.1 Å². The zero-order valence-corrected chi connectivity index (χ0v) is 11.3. The molecular weight excluding hydrogens is 310 g/mol. The predicted molar refractivity (Wildman–Crippen MR) is 76.5 cm³/mol. The van der Waals surface area contributed by atoms with Crippen LogP contribution in [-0.2, 0) is 0 Å². The van der Waals surface area contributed by atoms with Gasteiger partial charge in [-0.05, 0) is 24.3 Å². The van der Waals surface area contributed by atoms with Crippen molar-refractivity contribution in [1.29, 1.82) is 5.41 Å². The highest BCUT2D eigenvalue weighted by Gasteiger charge is 2.16. The summed E-state index contributed by atoms with van der Waals surface area (Å²) in [5.74, 6) is -0.668. The Bertz CT molecular complexity index is 644. The van der Waals surface area contributed by atoms with Gasteiger partial charge >= 0.3 is 5.97 Å². The number of aromatic amines is 1. The highest BCUT2D eigenvalue weighted by atomic mass is 79.9. The second kappa shape index (κ2) is 5.62. The third-order valence-electron chi connectivity index (χ3n) is 2.40. The molecule has 2 aromatic rings. The van der Waals surface area contributed by atoms with Gasteiger partial charge in [-0.2, -0.15) is 0 Å². The summed E-state index contributed by atoms with van der Waals surface area (Å²) in [5, 5.41) is 16.1. The second-order valence-corrected chi connectivity index (χ2v) is 4.60. The lowest BCUT2D eigenvalue weighted by molar-refractivity contribution is 0.0692. The zero-order valence-electron chi connectivity index (χ0n) is 9.72. The Morgan fingerprint density at radius 1 is 1.37 bits per heavy atom. The number of carboxylic acid groups (broad SMARTS) is 1. The molecule has 1 aromatic carbocycles. The van der Waals surface area contributed by atoms with Gasteiger partial charge in [0.25, 0.3) is 0 Å². The van der Waals surface area contributed by atoms with Crippen molar-refractivity contribution in [1.82, 2.24) is 9.97 Å². The van der Waals surface area contributed by atoms with Gasteiger partial charge in [0.05, 0.1) is 0 Å². The van der Waals surface area contributed by atoms with Crippen LogP contribution in [0.5, 0.6) is 0 Å². The minimum absolute atomic E-state index is 0.0342. The molecule has 0 saturated carbocycles. The molecule has 0 aliphatic heterocycles. The van der Waals surface area contributed by atoms with Gasteiger partial charge in [0.1, 0.15) is 11.5 Å². The summed E-state index contributed by atoms with van der Waals surface area (Å²) in [6, 6.07) is 7.22. The molecule has 0 fully saturated rings. The fourth-order valence-corrected chi connectivity index (χ4v) is 1.85. The summed E-state index contributed by atoms with van der Waals surface area (Å²) < 4.78 is 0.910. The first-order valence-corrected chi connectivity index (χ1v) is 6.17. The number of halogens is 1. The summed E-state index contributed by atoms with van der Waals surface area (Å²) >= 11 is 3.32. The van der Waals surface area contributed by atoms with Gasteiger partial charge < -0.3 is 15.5 Å². The number of aromatic nitrogens is 2. The second-order valence-electron chi connectivity index (χ2n) is 3.68. The Hall–Kier alpha value is -2.21. The van der Waals surface area contributed by atoms with E-state index in [4.69, 9.17) is 5.41 Å². The average Bonchev–Trinajstić information content (AvgIpc) is 2.81. The van der Waals surface area contributed by atoms with E-state index in [1.165, 1.54) is 6.08 Å². The maximum absolute atomic E-state index is 11.2. The number of hydrogen-bond donors (Lipinski definition) is 3. The van der Waals surface area contributed by atoms with Crippen LogP contribution >= 0.6 is 15.9 Å². The molecule has 2 rings (SSSR count). The highest BCUT2D eigenvalue weighted by Crippen LogP contribution is 2.24. The molecule has 0 saturated heterocycles. The summed E-state index contributed by atoms with van der Waals surface area (Å²) in [7, 11) is 0. The third kappa shape index (κ3) is 2.97. The van der Waals surface area contributed by atoms with Crippen LogP contribution in [0.25, 0.3) is 17.3 Å². The minimum atomic E-state index is -1.07. The molecule has 0 atom stereocenters. The van der Waals surface area contributed by atoms with Gasteiger partial charge in [0.15, 0.2) is 5.69 Å². The van der Waals surface area contributed by atoms with Gasteiger partial charge in [0, 0.05) is 16.3 Å². The third-order valence-corrected chi connectivity index (χ3v) is 2.93. The average molecular weight is 320 g/mol. The number of aromatic carboxylic acids is 1. The number of hydrogen-bond acceptors (Lipinski definition) is 3. The van der Waals surface area contributed by atoms with Crippen LogP contribution < -0.4 is 0 Å². The molecule has 0 unspecified atom stereocenters. The molecule has 6 heteroatoms. The fraction of sp³-hybridized carbons (Fsp3) is 0. The molecule has 96 valence electrons. The molecule has 5 nitrogen and oxygen atoms in total. The van der Waals surface area contributed by atoms with Crippen molar-refractivity contribution in [3.8, 4) is 11.3 Å². The molecule has 0 aliphatic rings. The first-order chi connectivity index (χ1) is 9.11. The number of allylic oxidation sites excluding steroid dienone is 1. The Balaban J connectivity index is 2.51. The SMILES string of the molecule is N=C/C=C\c1nc(-c2ccc(Br)cc2)c(C(=O)O)[nH]1. The Morgan fingerprint density at radius 3 is 2.63 bits per heavy atom. The van der Waals surface area contributed by atoms with E-state index in [9.17, 15) is 9.90 Å². The van der Waals surface area contributed by atoms with E-state index in [0.717, 1.165) is 10.7 Å². The van der Waals surface area contributed by atoms with Gasteiger partial charge in [-0.3, -0.25) is 0 Å². The van der Waals surface area contributed by atoms with Crippen LogP contribution in [0.2, 0.25) is 0 Å². The van der Waals surface area contributed by atoms with Crippen LogP contribution in [0.15, 0.2) is 34.8 Å². The van der Waals surface area contributed by atoms with E-state index in [0.29, 0.717) is 17.1 Å². The Labute approximate surface area is 117 Å². The van der Waals surface area contributed by atoms with Crippen molar-refractivity contribution in [3.05, 3.63) is 46.3 Å². The zero-order chi connectivity index (χ0) is 13.8. The number of imidazole rings is 1. The Kier molecular flexibility index (Phi) is 3.91. The lowest BCUT2D eigenvalue weighted by Gasteiger charge is -1.98. The van der Waals surface area contributed by atoms with E-state index in [2.05, 4.69) is 25.9 Å². The van der Waals surface area contributed by atoms with Crippen molar-refractivity contribution in [2.75, 3.05) is 0 Å². The predicted octanol–water partition coefficient (Wildman–Crippen LogP) is 3.20. The summed E-state index contributed by atoms with van der Waals surface area (Å²) in [5.41, 5.74) is 1.13. The number of nitrogens with zero attached hydrogens (tertiary/aromatic N) is 1. The molecule has 19 heavy (non-hydrogen) atoms. The molecule has 3 N–H and O–H groups in total. The smallest absolute Gasteiger partial charge is 0.354 e. The van der Waals surface area contributed by atoms with Gasteiger partial charge in [-0.1, -0.05) is 28.1 Å². The summed E-state index contributed by atoms with van der Waals surface area (Å²) in [6.45, 7) is 0. The van der Waals surface area contributed by atoms with Crippen LogP contribution in [0.3, 0.4) is 0 Å². The minimum Gasteiger partial charge on any atom is -0.477 e. The number of carbonyl (C=O) groups is 1. The quantitative estimate of drug-likeness (QED) is 0.756. The molecule has 0 bridgehead atoms. The summed E-state index contributed by atoms with van der Waals surface area (Å²) in [6.07, 6.45) is 4.11. The van der Waals surface area contributed by atoms with Crippen LogP contribution in [0, 0.1) is 5.41 Å². The van der Waals surface area contributed by atoms with Gasteiger partial charge in [-0.25, -0.2) is 9.78 Å². The Morgan fingerprint density at radius 2 is 2.05 bits per heavy atom. The van der Waals surface area contributed by atoms with Gasteiger partial charge in [-0.15, -0.1) is 0 Å². The van der Waals surface area contributed by atoms with Crippen molar-refractivity contribution in [3.63, 3.8) is 0 Å². The molecule has 0 aliphatic carbocycles. The van der Waals surface area contributed by atoms with E-state index < -0.39 is 5.97 Å². The molecule has 1 heterocycles. The van der Waals surface area contributed by atoms with Gasteiger partial charge in [0.2, 0.25) is 0 Å². The summed E-state index contributed by atoms with van der Waals surface area (Å²) in [4.78, 5) is 18.1. The topological polar surface area (TPSA) is 89.8 Å². The van der Waals surface area contributed by atoms with Crippen molar-refractivity contribution in [2.24, 2.45) is 0 Å². The molecule has 0 radical (unpaired) electrons. The lowest BCUT2D eigenvalue weighted by Crippen LogP contribution is -1.99. The standard InChI is InChI=1S/C13H10BrN3O2/c14-9-5-3-8(4-6-9)11-12(13(18)19)17-10(16-11)2-1-7-15/h1-7,15H,(H,16,17)(H,18,19)/b2-1-,15-7?. The maximum atomic E-state index is 11.2. The van der Waals surface area contributed by atoms with Crippen molar-refractivity contribution < 1.29 is 9.90 Å². The van der Waals surface area contributed by atoms with Crippen LogP contribution in [-0.4, -0.2) is 27.3 Å². The van der Waals surface area contributed by atoms with E-state index in [1.54, 1.807) is 18.2 Å². The van der Waals surface area contributed by atoms with E-state index in [-0.39, 0.29) is 5.69 Å². The monoisotopic (exact) mass is 319 g/mol. The molecule has 0 spiro atoms. The first kappa shape index (κ1) is 13.2. The number of nitrogens with one attached hydrogen (secondary N) is 2.